The Labute approximate surface area is 135 Å². The Bertz CT molecular complexity index is 494. The van der Waals surface area contributed by atoms with Gasteiger partial charge in [-0.1, -0.05) is 11.6 Å². The van der Waals surface area contributed by atoms with Gasteiger partial charge in [0, 0.05) is 13.1 Å². The minimum Gasteiger partial charge on any atom is -0.444 e. The molecular formula is C15H22ClN3O3. The van der Waals surface area contributed by atoms with Crippen molar-refractivity contribution in [2.75, 3.05) is 13.1 Å². The van der Waals surface area contributed by atoms with Gasteiger partial charge in [-0.15, -0.1) is 5.10 Å². The number of aromatic nitrogens is 2. The van der Waals surface area contributed by atoms with Crippen LogP contribution in [-0.4, -0.2) is 46.0 Å². The molecule has 0 unspecified atom stereocenters. The topological polar surface area (TPSA) is 64.5 Å². The smallest absolute Gasteiger partial charge is 0.410 e. The molecule has 0 saturated carbocycles. The van der Waals surface area contributed by atoms with Crippen molar-refractivity contribution >= 4 is 17.7 Å². The standard InChI is InChI=1S/C15H22ClN3O3/c1-15(2,3)22-14(20)19-8-6-12(7-9-19)21-10-11-4-5-13(16)18-17-11/h4-5,12H,6-10H2,1-3H3. The second kappa shape index (κ2) is 7.24. The van der Waals surface area contributed by atoms with Crippen LogP contribution in [0.4, 0.5) is 4.79 Å². The lowest BCUT2D eigenvalue weighted by Crippen LogP contribution is -2.43. The summed E-state index contributed by atoms with van der Waals surface area (Å²) >= 11 is 5.69. The third-order valence-corrected chi connectivity index (χ3v) is 3.45. The second-order valence-electron chi connectivity index (χ2n) is 6.33. The van der Waals surface area contributed by atoms with Gasteiger partial charge in [0.1, 0.15) is 5.60 Å². The van der Waals surface area contributed by atoms with E-state index in [-0.39, 0.29) is 12.2 Å². The highest BCUT2D eigenvalue weighted by Gasteiger charge is 2.27. The van der Waals surface area contributed by atoms with E-state index in [0.29, 0.717) is 24.8 Å². The average Bonchev–Trinajstić information content (AvgIpc) is 2.45. The van der Waals surface area contributed by atoms with E-state index in [2.05, 4.69) is 10.2 Å². The molecule has 122 valence electrons. The van der Waals surface area contributed by atoms with Gasteiger partial charge in [0.15, 0.2) is 5.15 Å². The third kappa shape index (κ3) is 5.42. The Morgan fingerprint density at radius 3 is 2.55 bits per heavy atom. The Balaban J connectivity index is 1.73. The molecule has 1 amide bonds. The molecule has 7 heteroatoms. The van der Waals surface area contributed by atoms with Gasteiger partial charge in [-0.3, -0.25) is 0 Å². The molecule has 6 nitrogen and oxygen atoms in total. The third-order valence-electron chi connectivity index (χ3n) is 3.25. The number of carbonyl (C=O) groups is 1. The summed E-state index contributed by atoms with van der Waals surface area (Å²) in [4.78, 5) is 13.7. The summed E-state index contributed by atoms with van der Waals surface area (Å²) in [6, 6.07) is 3.49. The molecule has 1 fully saturated rings. The van der Waals surface area contributed by atoms with Gasteiger partial charge in [0.05, 0.1) is 18.4 Å². The van der Waals surface area contributed by atoms with E-state index in [1.807, 2.05) is 20.8 Å². The van der Waals surface area contributed by atoms with Crippen LogP contribution >= 0.6 is 11.6 Å². The molecule has 1 saturated heterocycles. The van der Waals surface area contributed by atoms with Crippen molar-refractivity contribution in [1.82, 2.24) is 15.1 Å². The molecule has 0 spiro atoms. The molecule has 0 aromatic carbocycles. The van der Waals surface area contributed by atoms with E-state index < -0.39 is 5.60 Å². The quantitative estimate of drug-likeness (QED) is 0.853. The normalized spacial score (nSPS) is 16.6. The molecule has 0 atom stereocenters. The van der Waals surface area contributed by atoms with Crippen molar-refractivity contribution in [3.63, 3.8) is 0 Å². The van der Waals surface area contributed by atoms with E-state index in [4.69, 9.17) is 21.1 Å². The molecule has 2 heterocycles. The minimum atomic E-state index is -0.461. The van der Waals surface area contributed by atoms with Gasteiger partial charge >= 0.3 is 6.09 Å². The average molecular weight is 328 g/mol. The summed E-state index contributed by atoms with van der Waals surface area (Å²) in [7, 11) is 0. The van der Waals surface area contributed by atoms with Gasteiger partial charge in [-0.05, 0) is 45.7 Å². The van der Waals surface area contributed by atoms with Crippen molar-refractivity contribution in [3.05, 3.63) is 23.0 Å². The van der Waals surface area contributed by atoms with Gasteiger partial charge in [0.25, 0.3) is 0 Å². The zero-order valence-electron chi connectivity index (χ0n) is 13.2. The van der Waals surface area contributed by atoms with Crippen LogP contribution in [0.15, 0.2) is 12.1 Å². The highest BCUT2D eigenvalue weighted by Crippen LogP contribution is 2.18. The highest BCUT2D eigenvalue weighted by molar-refractivity contribution is 6.29. The summed E-state index contributed by atoms with van der Waals surface area (Å²) in [5, 5.41) is 8.10. The SMILES string of the molecule is CC(C)(C)OC(=O)N1CCC(OCc2ccc(Cl)nn2)CC1. The summed E-state index contributed by atoms with van der Waals surface area (Å²) in [5.74, 6) is 0. The van der Waals surface area contributed by atoms with Crippen LogP contribution in [-0.2, 0) is 16.1 Å². The first kappa shape index (κ1) is 17.0. The maximum absolute atomic E-state index is 12.0. The zero-order valence-corrected chi connectivity index (χ0v) is 14.0. The summed E-state index contributed by atoms with van der Waals surface area (Å²) < 4.78 is 11.2. The van der Waals surface area contributed by atoms with E-state index in [1.54, 1.807) is 17.0 Å². The Hall–Kier alpha value is -1.40. The van der Waals surface area contributed by atoms with Crippen molar-refractivity contribution in [2.24, 2.45) is 0 Å². The lowest BCUT2D eigenvalue weighted by molar-refractivity contribution is -0.0179. The number of carbonyl (C=O) groups excluding carboxylic acids is 1. The fourth-order valence-corrected chi connectivity index (χ4v) is 2.26. The number of nitrogens with zero attached hydrogens (tertiary/aromatic N) is 3. The van der Waals surface area contributed by atoms with Crippen molar-refractivity contribution in [3.8, 4) is 0 Å². The monoisotopic (exact) mass is 327 g/mol. The Morgan fingerprint density at radius 2 is 2.00 bits per heavy atom. The van der Waals surface area contributed by atoms with Crippen LogP contribution in [0.2, 0.25) is 5.15 Å². The highest BCUT2D eigenvalue weighted by atomic mass is 35.5. The van der Waals surface area contributed by atoms with E-state index in [9.17, 15) is 4.79 Å². The predicted octanol–water partition coefficient (Wildman–Crippen LogP) is 3.05. The molecule has 1 aromatic rings. The maximum Gasteiger partial charge on any atom is 0.410 e. The van der Waals surface area contributed by atoms with Crippen LogP contribution in [0.1, 0.15) is 39.3 Å². The predicted molar refractivity (Wildman–Crippen MR) is 82.7 cm³/mol. The van der Waals surface area contributed by atoms with Crippen molar-refractivity contribution < 1.29 is 14.3 Å². The van der Waals surface area contributed by atoms with E-state index in [0.717, 1.165) is 18.5 Å². The Kier molecular flexibility index (Phi) is 5.58. The van der Waals surface area contributed by atoms with Crippen LogP contribution in [0, 0.1) is 0 Å². The first-order valence-electron chi connectivity index (χ1n) is 7.41. The molecule has 1 aromatic heterocycles. The second-order valence-corrected chi connectivity index (χ2v) is 6.71. The van der Waals surface area contributed by atoms with Crippen molar-refractivity contribution in [1.29, 1.82) is 0 Å². The summed E-state index contributed by atoms with van der Waals surface area (Å²) in [6.07, 6.45) is 1.45. The number of piperidine rings is 1. The fraction of sp³-hybridized carbons (Fsp3) is 0.667. The van der Waals surface area contributed by atoms with E-state index >= 15 is 0 Å². The van der Waals surface area contributed by atoms with Crippen LogP contribution in [0.25, 0.3) is 0 Å². The van der Waals surface area contributed by atoms with Gasteiger partial charge in [-0.25, -0.2) is 4.79 Å². The van der Waals surface area contributed by atoms with Crippen molar-refractivity contribution in [2.45, 2.75) is 51.9 Å². The molecule has 1 aliphatic rings. The summed E-state index contributed by atoms with van der Waals surface area (Å²) in [5.41, 5.74) is 0.288. The number of rotatable bonds is 3. The number of halogens is 1. The van der Waals surface area contributed by atoms with Crippen LogP contribution in [0.3, 0.4) is 0 Å². The minimum absolute atomic E-state index is 0.121. The Morgan fingerprint density at radius 1 is 1.32 bits per heavy atom. The molecule has 22 heavy (non-hydrogen) atoms. The number of likely N-dealkylation sites (tertiary alicyclic amines) is 1. The zero-order chi connectivity index (χ0) is 16.2. The number of amides is 1. The number of hydrogen-bond acceptors (Lipinski definition) is 5. The maximum atomic E-state index is 12.0. The van der Waals surface area contributed by atoms with Crippen LogP contribution in [0.5, 0.6) is 0 Å². The molecule has 0 N–H and O–H groups in total. The largest absolute Gasteiger partial charge is 0.444 e. The van der Waals surface area contributed by atoms with Crippen LogP contribution < -0.4 is 0 Å². The van der Waals surface area contributed by atoms with E-state index in [1.165, 1.54) is 0 Å². The van der Waals surface area contributed by atoms with Gasteiger partial charge in [-0.2, -0.15) is 5.10 Å². The molecule has 1 aliphatic heterocycles. The number of hydrogen-bond donors (Lipinski definition) is 0. The molecule has 2 rings (SSSR count). The lowest BCUT2D eigenvalue weighted by Gasteiger charge is -2.33. The number of ether oxygens (including phenoxy) is 2. The van der Waals surface area contributed by atoms with Gasteiger partial charge in [0.2, 0.25) is 0 Å². The molecule has 0 bridgehead atoms. The first-order valence-corrected chi connectivity index (χ1v) is 7.79. The molecule has 0 aliphatic carbocycles. The first-order chi connectivity index (χ1) is 10.3. The lowest BCUT2D eigenvalue weighted by atomic mass is 10.1. The summed E-state index contributed by atoms with van der Waals surface area (Å²) in [6.45, 7) is 7.30. The van der Waals surface area contributed by atoms with Gasteiger partial charge < -0.3 is 14.4 Å². The molecular weight excluding hydrogens is 306 g/mol. The molecule has 0 radical (unpaired) electrons. The fourth-order valence-electron chi connectivity index (χ4n) is 2.16.